The molecule has 0 aliphatic carbocycles. The SMILES string of the molecule is COc1ccc(OCC(=O)N/N=C/c2c(F)cccc2Cl)cc1. The molecule has 5 nitrogen and oxygen atoms in total. The first-order chi connectivity index (χ1) is 11.1. The van der Waals surface area contributed by atoms with Crippen LogP contribution in [-0.2, 0) is 4.79 Å². The largest absolute Gasteiger partial charge is 0.497 e. The van der Waals surface area contributed by atoms with Crippen molar-refractivity contribution in [3.63, 3.8) is 0 Å². The van der Waals surface area contributed by atoms with Gasteiger partial charge in [0, 0.05) is 5.56 Å². The number of carbonyl (C=O) groups excluding carboxylic acids is 1. The van der Waals surface area contributed by atoms with Crippen molar-refractivity contribution in [2.75, 3.05) is 13.7 Å². The molecule has 0 unspecified atom stereocenters. The molecule has 0 aromatic heterocycles. The molecule has 2 aromatic carbocycles. The lowest BCUT2D eigenvalue weighted by molar-refractivity contribution is -0.123. The fourth-order valence-corrected chi connectivity index (χ4v) is 1.87. The summed E-state index contributed by atoms with van der Waals surface area (Å²) < 4.78 is 23.8. The minimum atomic E-state index is -0.523. The van der Waals surface area contributed by atoms with Crippen molar-refractivity contribution < 1.29 is 18.7 Å². The van der Waals surface area contributed by atoms with Gasteiger partial charge in [0.05, 0.1) is 18.3 Å². The molecule has 2 aromatic rings. The van der Waals surface area contributed by atoms with E-state index in [1.807, 2.05) is 0 Å². The Bertz CT molecular complexity index is 685. The fraction of sp³-hybridized carbons (Fsp3) is 0.125. The monoisotopic (exact) mass is 336 g/mol. The summed E-state index contributed by atoms with van der Waals surface area (Å²) in [4.78, 5) is 11.6. The molecular formula is C16H14ClFN2O3. The molecule has 0 saturated carbocycles. The molecule has 2 rings (SSSR count). The highest BCUT2D eigenvalue weighted by Crippen LogP contribution is 2.17. The van der Waals surface area contributed by atoms with Crippen molar-refractivity contribution in [2.45, 2.75) is 0 Å². The maximum absolute atomic E-state index is 13.5. The van der Waals surface area contributed by atoms with E-state index in [9.17, 15) is 9.18 Å². The Morgan fingerprint density at radius 2 is 1.96 bits per heavy atom. The van der Waals surface area contributed by atoms with Gasteiger partial charge >= 0.3 is 0 Å². The maximum Gasteiger partial charge on any atom is 0.277 e. The second-order valence-electron chi connectivity index (χ2n) is 4.39. The summed E-state index contributed by atoms with van der Waals surface area (Å²) in [6.45, 7) is -0.228. The van der Waals surface area contributed by atoms with E-state index in [1.54, 1.807) is 31.4 Å². The topological polar surface area (TPSA) is 59.9 Å². The minimum Gasteiger partial charge on any atom is -0.497 e. The third-order valence-corrected chi connectivity index (χ3v) is 3.14. The summed E-state index contributed by atoms with van der Waals surface area (Å²) >= 11 is 5.83. The summed E-state index contributed by atoms with van der Waals surface area (Å²) in [6, 6.07) is 11.0. The average molecular weight is 337 g/mol. The van der Waals surface area contributed by atoms with Gasteiger partial charge in [0.25, 0.3) is 5.91 Å². The number of amides is 1. The van der Waals surface area contributed by atoms with Crippen LogP contribution in [0.1, 0.15) is 5.56 Å². The Labute approximate surface area is 137 Å². The third-order valence-electron chi connectivity index (χ3n) is 2.81. The Morgan fingerprint density at radius 1 is 1.26 bits per heavy atom. The van der Waals surface area contributed by atoms with Gasteiger partial charge in [-0.1, -0.05) is 17.7 Å². The molecule has 0 radical (unpaired) electrons. The number of rotatable bonds is 6. The highest BCUT2D eigenvalue weighted by atomic mass is 35.5. The van der Waals surface area contributed by atoms with E-state index in [-0.39, 0.29) is 17.2 Å². The number of hydrogen-bond donors (Lipinski definition) is 1. The van der Waals surface area contributed by atoms with Gasteiger partial charge in [-0.15, -0.1) is 0 Å². The predicted octanol–water partition coefficient (Wildman–Crippen LogP) is 3.02. The summed E-state index contributed by atoms with van der Waals surface area (Å²) in [5.74, 6) is 0.199. The average Bonchev–Trinajstić information content (AvgIpc) is 2.56. The molecule has 0 fully saturated rings. The Balaban J connectivity index is 1.84. The lowest BCUT2D eigenvalue weighted by atomic mass is 10.2. The molecule has 120 valence electrons. The van der Waals surface area contributed by atoms with Crippen LogP contribution in [-0.4, -0.2) is 25.8 Å². The Morgan fingerprint density at radius 3 is 2.61 bits per heavy atom. The second kappa shape index (κ2) is 8.14. The number of methoxy groups -OCH3 is 1. The van der Waals surface area contributed by atoms with Crippen LogP contribution in [0.15, 0.2) is 47.6 Å². The standard InChI is InChI=1S/C16H14ClFN2O3/c1-22-11-5-7-12(8-6-11)23-10-16(21)20-19-9-13-14(17)3-2-4-15(13)18/h2-9H,10H2,1H3,(H,20,21)/b19-9+. The zero-order valence-electron chi connectivity index (χ0n) is 12.3. The van der Waals surface area contributed by atoms with E-state index in [2.05, 4.69) is 10.5 Å². The van der Waals surface area contributed by atoms with E-state index in [4.69, 9.17) is 21.1 Å². The Kier molecular flexibility index (Phi) is 5.94. The summed E-state index contributed by atoms with van der Waals surface area (Å²) in [5.41, 5.74) is 2.34. The smallest absolute Gasteiger partial charge is 0.277 e. The van der Waals surface area contributed by atoms with Crippen molar-refractivity contribution in [3.8, 4) is 11.5 Å². The van der Waals surface area contributed by atoms with Crippen molar-refractivity contribution in [2.24, 2.45) is 5.10 Å². The highest BCUT2D eigenvalue weighted by Gasteiger charge is 2.05. The fourth-order valence-electron chi connectivity index (χ4n) is 1.66. The van der Waals surface area contributed by atoms with Crippen molar-refractivity contribution in [1.82, 2.24) is 5.43 Å². The van der Waals surface area contributed by atoms with Gasteiger partial charge in [-0.2, -0.15) is 5.10 Å². The highest BCUT2D eigenvalue weighted by molar-refractivity contribution is 6.33. The number of nitrogens with one attached hydrogen (secondary N) is 1. The van der Waals surface area contributed by atoms with Gasteiger partial charge in [-0.25, -0.2) is 9.82 Å². The quantitative estimate of drug-likeness (QED) is 0.651. The zero-order chi connectivity index (χ0) is 16.7. The van der Waals surface area contributed by atoms with Gasteiger partial charge in [-0.05, 0) is 36.4 Å². The van der Waals surface area contributed by atoms with Crippen molar-refractivity contribution >= 4 is 23.7 Å². The molecule has 0 aliphatic heterocycles. The molecule has 1 N–H and O–H groups in total. The molecule has 0 bridgehead atoms. The van der Waals surface area contributed by atoms with Gasteiger partial charge < -0.3 is 9.47 Å². The maximum atomic E-state index is 13.5. The van der Waals surface area contributed by atoms with Gasteiger partial charge in [0.15, 0.2) is 6.61 Å². The molecule has 0 heterocycles. The summed E-state index contributed by atoms with van der Waals surface area (Å²) in [5, 5.41) is 3.86. The number of nitrogens with zero attached hydrogens (tertiary/aromatic N) is 1. The number of benzene rings is 2. The first-order valence-electron chi connectivity index (χ1n) is 6.63. The number of halogens is 2. The second-order valence-corrected chi connectivity index (χ2v) is 4.80. The van der Waals surface area contributed by atoms with E-state index in [0.717, 1.165) is 6.21 Å². The Hall–Kier alpha value is -2.60. The zero-order valence-corrected chi connectivity index (χ0v) is 13.0. The van der Waals surface area contributed by atoms with Crippen LogP contribution in [0.4, 0.5) is 4.39 Å². The van der Waals surface area contributed by atoms with Crippen molar-refractivity contribution in [1.29, 1.82) is 0 Å². The van der Waals surface area contributed by atoms with Crippen molar-refractivity contribution in [3.05, 3.63) is 58.9 Å². The molecule has 0 spiro atoms. The summed E-state index contributed by atoms with van der Waals surface area (Å²) in [6.07, 6.45) is 1.14. The molecule has 0 atom stereocenters. The van der Waals surface area contributed by atoms with Crippen LogP contribution in [0.2, 0.25) is 5.02 Å². The van der Waals surface area contributed by atoms with Crippen LogP contribution in [0.3, 0.4) is 0 Å². The molecule has 1 amide bonds. The number of carbonyl (C=O) groups is 1. The van der Waals surface area contributed by atoms with Crippen LogP contribution < -0.4 is 14.9 Å². The summed E-state index contributed by atoms with van der Waals surface area (Å²) in [7, 11) is 1.56. The van der Waals surface area contributed by atoms with Crippen LogP contribution in [0.5, 0.6) is 11.5 Å². The van der Waals surface area contributed by atoms with Crippen LogP contribution in [0, 0.1) is 5.82 Å². The normalized spacial score (nSPS) is 10.6. The van der Waals surface area contributed by atoms with Gasteiger partial charge in [-0.3, -0.25) is 4.79 Å². The van der Waals surface area contributed by atoms with E-state index >= 15 is 0 Å². The molecule has 7 heteroatoms. The number of ether oxygens (including phenoxy) is 2. The lowest BCUT2D eigenvalue weighted by Gasteiger charge is -2.06. The van der Waals surface area contributed by atoms with E-state index in [1.165, 1.54) is 18.2 Å². The van der Waals surface area contributed by atoms with Crippen LogP contribution in [0.25, 0.3) is 0 Å². The lowest BCUT2D eigenvalue weighted by Crippen LogP contribution is -2.24. The molecule has 23 heavy (non-hydrogen) atoms. The third kappa shape index (κ3) is 4.96. The molecule has 0 saturated heterocycles. The minimum absolute atomic E-state index is 0.102. The van der Waals surface area contributed by atoms with E-state index < -0.39 is 11.7 Å². The van der Waals surface area contributed by atoms with Gasteiger partial charge in [0.1, 0.15) is 17.3 Å². The molecular weight excluding hydrogens is 323 g/mol. The predicted molar refractivity (Wildman–Crippen MR) is 85.6 cm³/mol. The molecule has 0 aliphatic rings. The van der Waals surface area contributed by atoms with Crippen LogP contribution >= 0.6 is 11.6 Å². The van der Waals surface area contributed by atoms with E-state index in [0.29, 0.717) is 11.5 Å². The number of hydrogen-bond acceptors (Lipinski definition) is 4. The van der Waals surface area contributed by atoms with Gasteiger partial charge in [0.2, 0.25) is 0 Å². The number of hydrazone groups is 1. The first kappa shape index (κ1) is 16.8. The first-order valence-corrected chi connectivity index (χ1v) is 7.00.